The molecule has 0 N–H and O–H groups in total. The highest BCUT2D eigenvalue weighted by Crippen LogP contribution is 2.31. The van der Waals surface area contributed by atoms with Crippen LogP contribution in [0.4, 0.5) is 0 Å². The topological polar surface area (TPSA) is 101 Å². The zero-order valence-electron chi connectivity index (χ0n) is 16.2. The second-order valence-electron chi connectivity index (χ2n) is 6.86. The second kappa shape index (κ2) is 8.81. The first-order chi connectivity index (χ1) is 14.5. The molecule has 0 saturated heterocycles. The Bertz CT molecular complexity index is 1110. The van der Waals surface area contributed by atoms with Crippen LogP contribution in [0.25, 0.3) is 22.4 Å². The molecule has 1 aromatic carbocycles. The molecule has 1 aliphatic carbocycles. The molecule has 2 aromatic heterocycles. The minimum Gasteiger partial charge on any atom is -0.474 e. The summed E-state index contributed by atoms with van der Waals surface area (Å²) in [5, 5.41) is 0.757. The van der Waals surface area contributed by atoms with Crippen LogP contribution >= 0.6 is 11.6 Å². The summed E-state index contributed by atoms with van der Waals surface area (Å²) in [6, 6.07) is 6.36. The monoisotopic (exact) mass is 430 g/mol. The molecule has 1 saturated carbocycles. The molecule has 0 radical (unpaired) electrons. The van der Waals surface area contributed by atoms with E-state index in [0.29, 0.717) is 53.6 Å². The van der Waals surface area contributed by atoms with Gasteiger partial charge in [-0.2, -0.15) is 0 Å². The number of hydrogen-bond acceptors (Lipinski definition) is 8. The number of benzene rings is 1. The predicted octanol–water partition coefficient (Wildman–Crippen LogP) is 3.25. The number of aromatic nitrogens is 2. The Hall–Kier alpha value is -2.97. The standard InChI is InChI=1S/C21H19ClN2O6/c1-27-21(26)12-7-13(8-12)28-5-6-29-19-11-23-16(10-24-19)18-9-17(25)14-3-2-4-15(22)20(14)30-18/h2-4,9-13H,5-8H2,1H3. The van der Waals surface area contributed by atoms with Crippen molar-refractivity contribution in [3.05, 3.63) is 51.9 Å². The summed E-state index contributed by atoms with van der Waals surface area (Å²) in [4.78, 5) is 32.1. The zero-order chi connectivity index (χ0) is 21.1. The maximum absolute atomic E-state index is 12.3. The van der Waals surface area contributed by atoms with Gasteiger partial charge in [0.2, 0.25) is 5.88 Å². The molecule has 0 aliphatic heterocycles. The number of fused-ring (bicyclic) bond motifs is 1. The van der Waals surface area contributed by atoms with E-state index in [1.807, 2.05) is 0 Å². The average Bonchev–Trinajstić information content (AvgIpc) is 2.73. The summed E-state index contributed by atoms with van der Waals surface area (Å²) >= 11 is 6.13. The molecule has 156 valence electrons. The van der Waals surface area contributed by atoms with Gasteiger partial charge in [0.25, 0.3) is 0 Å². The van der Waals surface area contributed by atoms with E-state index >= 15 is 0 Å². The number of ether oxygens (including phenoxy) is 3. The Morgan fingerprint density at radius 2 is 2.07 bits per heavy atom. The fourth-order valence-corrected chi connectivity index (χ4v) is 3.42. The van der Waals surface area contributed by atoms with Crippen LogP contribution in [0.5, 0.6) is 5.88 Å². The van der Waals surface area contributed by atoms with Crippen LogP contribution < -0.4 is 10.2 Å². The highest BCUT2D eigenvalue weighted by molar-refractivity contribution is 6.34. The first-order valence-electron chi connectivity index (χ1n) is 9.42. The molecular formula is C21H19ClN2O6. The van der Waals surface area contributed by atoms with Gasteiger partial charge in [0, 0.05) is 6.07 Å². The number of hydrogen-bond donors (Lipinski definition) is 0. The van der Waals surface area contributed by atoms with E-state index < -0.39 is 0 Å². The minimum absolute atomic E-state index is 0.0498. The Balaban J connectivity index is 1.32. The fourth-order valence-electron chi connectivity index (χ4n) is 3.21. The van der Waals surface area contributed by atoms with Crippen molar-refractivity contribution < 1.29 is 23.4 Å². The van der Waals surface area contributed by atoms with Crippen molar-refractivity contribution in [2.24, 2.45) is 5.92 Å². The van der Waals surface area contributed by atoms with Gasteiger partial charge in [0.05, 0.1) is 48.5 Å². The lowest BCUT2D eigenvalue weighted by atomic mass is 9.82. The van der Waals surface area contributed by atoms with Gasteiger partial charge in [-0.1, -0.05) is 17.7 Å². The minimum atomic E-state index is -0.210. The van der Waals surface area contributed by atoms with Crippen LogP contribution in [-0.2, 0) is 14.3 Å². The molecular weight excluding hydrogens is 412 g/mol. The number of rotatable bonds is 7. The highest BCUT2D eigenvalue weighted by atomic mass is 35.5. The van der Waals surface area contributed by atoms with Gasteiger partial charge >= 0.3 is 5.97 Å². The SMILES string of the molecule is COC(=O)C1CC(OCCOc2cnc(-c3cc(=O)c4cccc(Cl)c4o3)cn2)C1. The third-order valence-electron chi connectivity index (χ3n) is 4.90. The van der Waals surface area contributed by atoms with Crippen molar-refractivity contribution >= 4 is 28.5 Å². The van der Waals surface area contributed by atoms with Crippen LogP contribution in [0.1, 0.15) is 12.8 Å². The molecule has 3 aromatic rings. The van der Waals surface area contributed by atoms with Crippen LogP contribution in [0.2, 0.25) is 5.02 Å². The molecule has 0 atom stereocenters. The third kappa shape index (κ3) is 4.29. The van der Waals surface area contributed by atoms with Crippen molar-refractivity contribution in [1.29, 1.82) is 0 Å². The lowest BCUT2D eigenvalue weighted by Crippen LogP contribution is -2.37. The fraction of sp³-hybridized carbons (Fsp3) is 0.333. The number of esters is 1. The van der Waals surface area contributed by atoms with E-state index in [9.17, 15) is 9.59 Å². The normalized spacial score (nSPS) is 18.1. The number of carbonyl (C=O) groups excluding carboxylic acids is 1. The molecule has 8 nitrogen and oxygen atoms in total. The Kier molecular flexibility index (Phi) is 5.96. The van der Waals surface area contributed by atoms with E-state index in [1.54, 1.807) is 18.2 Å². The molecule has 0 unspecified atom stereocenters. The number of halogens is 1. The molecule has 30 heavy (non-hydrogen) atoms. The Morgan fingerprint density at radius 3 is 2.80 bits per heavy atom. The molecule has 9 heteroatoms. The van der Waals surface area contributed by atoms with Gasteiger partial charge in [0.15, 0.2) is 16.8 Å². The lowest BCUT2D eigenvalue weighted by molar-refractivity contribution is -0.155. The Labute approximate surface area is 176 Å². The summed E-state index contributed by atoms with van der Waals surface area (Å²) in [6.45, 7) is 0.675. The van der Waals surface area contributed by atoms with Gasteiger partial charge < -0.3 is 18.6 Å². The lowest BCUT2D eigenvalue weighted by Gasteiger charge is -2.32. The van der Waals surface area contributed by atoms with E-state index in [-0.39, 0.29) is 29.2 Å². The van der Waals surface area contributed by atoms with Crippen molar-refractivity contribution in [2.75, 3.05) is 20.3 Å². The zero-order valence-corrected chi connectivity index (χ0v) is 16.9. The van der Waals surface area contributed by atoms with Gasteiger partial charge in [0.1, 0.15) is 12.3 Å². The number of para-hydroxylation sites is 1. The second-order valence-corrected chi connectivity index (χ2v) is 7.27. The maximum atomic E-state index is 12.3. The van der Waals surface area contributed by atoms with Crippen molar-refractivity contribution in [2.45, 2.75) is 18.9 Å². The number of carbonyl (C=O) groups is 1. The first kappa shape index (κ1) is 20.3. The largest absolute Gasteiger partial charge is 0.474 e. The summed E-state index contributed by atoms with van der Waals surface area (Å²) in [6.07, 6.45) is 4.30. The maximum Gasteiger partial charge on any atom is 0.308 e. The predicted molar refractivity (Wildman–Crippen MR) is 108 cm³/mol. The quantitative estimate of drug-likeness (QED) is 0.416. The van der Waals surface area contributed by atoms with Crippen molar-refractivity contribution in [1.82, 2.24) is 9.97 Å². The summed E-state index contributed by atoms with van der Waals surface area (Å²) in [5.41, 5.74) is 0.491. The van der Waals surface area contributed by atoms with Crippen LogP contribution in [0.3, 0.4) is 0 Å². The van der Waals surface area contributed by atoms with Gasteiger partial charge in [-0.15, -0.1) is 0 Å². The van der Waals surface area contributed by atoms with Gasteiger partial charge in [-0.3, -0.25) is 9.59 Å². The van der Waals surface area contributed by atoms with Crippen LogP contribution in [0.15, 0.2) is 45.9 Å². The van der Waals surface area contributed by atoms with E-state index in [2.05, 4.69) is 9.97 Å². The molecule has 0 amide bonds. The first-order valence-corrected chi connectivity index (χ1v) is 9.80. The molecule has 0 bridgehead atoms. The third-order valence-corrected chi connectivity index (χ3v) is 5.20. The van der Waals surface area contributed by atoms with E-state index in [0.717, 1.165) is 0 Å². The Morgan fingerprint density at radius 1 is 1.23 bits per heavy atom. The van der Waals surface area contributed by atoms with Crippen molar-refractivity contribution in [3.63, 3.8) is 0 Å². The van der Waals surface area contributed by atoms with Gasteiger partial charge in [-0.25, -0.2) is 9.97 Å². The van der Waals surface area contributed by atoms with Crippen LogP contribution in [0, 0.1) is 5.92 Å². The summed E-state index contributed by atoms with van der Waals surface area (Å²) < 4.78 is 21.6. The summed E-state index contributed by atoms with van der Waals surface area (Å²) in [5.74, 6) is 0.341. The van der Waals surface area contributed by atoms with Crippen molar-refractivity contribution in [3.8, 4) is 17.3 Å². The molecule has 0 spiro atoms. The van der Waals surface area contributed by atoms with E-state index in [1.165, 1.54) is 25.6 Å². The smallest absolute Gasteiger partial charge is 0.308 e. The molecule has 4 rings (SSSR count). The average molecular weight is 431 g/mol. The molecule has 2 heterocycles. The molecule has 1 fully saturated rings. The number of nitrogens with zero attached hydrogens (tertiary/aromatic N) is 2. The highest BCUT2D eigenvalue weighted by Gasteiger charge is 2.35. The number of methoxy groups -OCH3 is 1. The molecule has 1 aliphatic rings. The van der Waals surface area contributed by atoms with E-state index in [4.69, 9.17) is 30.2 Å². The summed E-state index contributed by atoms with van der Waals surface area (Å²) in [7, 11) is 1.39. The van der Waals surface area contributed by atoms with Crippen LogP contribution in [-0.4, -0.2) is 42.4 Å². The van der Waals surface area contributed by atoms with Gasteiger partial charge in [-0.05, 0) is 25.0 Å².